The van der Waals surface area contributed by atoms with Crippen molar-refractivity contribution in [3.63, 3.8) is 0 Å². The van der Waals surface area contributed by atoms with Crippen LogP contribution in [0.1, 0.15) is 33.4 Å². The van der Waals surface area contributed by atoms with E-state index in [1.165, 1.54) is 45.3 Å². The first-order valence-corrected chi connectivity index (χ1v) is 10.7. The monoisotopic (exact) mass is 474 g/mol. The molecule has 1 aromatic carbocycles. The number of halogens is 2. The highest BCUT2D eigenvalue weighted by Crippen LogP contribution is 2.32. The van der Waals surface area contributed by atoms with Crippen LogP contribution in [0.15, 0.2) is 33.8 Å². The van der Waals surface area contributed by atoms with Crippen LogP contribution in [-0.2, 0) is 26.2 Å². The van der Waals surface area contributed by atoms with Crippen molar-refractivity contribution in [3.8, 4) is 0 Å². The number of amides is 2. The molecule has 2 amide bonds. The van der Waals surface area contributed by atoms with Crippen molar-refractivity contribution >= 4 is 51.0 Å². The Kier molecular flexibility index (Phi) is 5.96. The number of fused-ring (bicyclic) bond motifs is 1. The first-order chi connectivity index (χ1) is 13.9. The van der Waals surface area contributed by atoms with Gasteiger partial charge in [-0.05, 0) is 31.2 Å². The summed E-state index contributed by atoms with van der Waals surface area (Å²) >= 11 is 11.8. The first-order valence-electron chi connectivity index (χ1n) is 8.50. The molecule has 1 atom stereocenters. The molecule has 1 aromatic heterocycles. The van der Waals surface area contributed by atoms with E-state index >= 15 is 0 Å². The Bertz CT molecular complexity index is 1120. The van der Waals surface area contributed by atoms with E-state index < -0.39 is 33.8 Å². The van der Waals surface area contributed by atoms with Gasteiger partial charge in [0, 0.05) is 14.1 Å². The molecule has 0 spiro atoms. The minimum atomic E-state index is -3.77. The summed E-state index contributed by atoms with van der Waals surface area (Å²) in [5.41, 5.74) is 0.0808. The van der Waals surface area contributed by atoms with Gasteiger partial charge in [0.15, 0.2) is 0 Å². The zero-order valence-corrected chi connectivity index (χ0v) is 18.3. The first kappa shape index (κ1) is 22.3. The number of carbonyl (C=O) groups is 3. The minimum absolute atomic E-state index is 0.0404. The average molecular weight is 475 g/mol. The molecule has 0 saturated carbocycles. The second kappa shape index (κ2) is 8.03. The molecule has 160 valence electrons. The molecular formula is C18H16Cl2N2O7S. The van der Waals surface area contributed by atoms with E-state index in [-0.39, 0.29) is 38.6 Å². The summed E-state index contributed by atoms with van der Waals surface area (Å²) in [5.74, 6) is -2.20. The van der Waals surface area contributed by atoms with E-state index in [9.17, 15) is 22.8 Å². The molecule has 1 aliphatic heterocycles. The normalized spacial score (nSPS) is 14.9. The smallest absolute Gasteiger partial charge is 0.329 e. The van der Waals surface area contributed by atoms with Gasteiger partial charge in [-0.1, -0.05) is 23.2 Å². The fourth-order valence-corrected chi connectivity index (χ4v) is 3.87. The SMILES string of the molecule is C[C@@H](C(=O)OCc1ccc(S(=O)(=O)N(C)C)o1)N1C(=O)c2cc(Cl)c(Cl)cc2C1=O. The molecule has 0 radical (unpaired) electrons. The van der Waals surface area contributed by atoms with Crippen molar-refractivity contribution in [3.05, 3.63) is 51.2 Å². The number of nitrogens with zero attached hydrogens (tertiary/aromatic N) is 2. The van der Waals surface area contributed by atoms with E-state index in [4.69, 9.17) is 32.4 Å². The summed E-state index contributed by atoms with van der Waals surface area (Å²) in [5, 5.41) is -0.0920. The van der Waals surface area contributed by atoms with Crippen LogP contribution in [0.3, 0.4) is 0 Å². The summed E-state index contributed by atoms with van der Waals surface area (Å²) < 4.78 is 35.3. The van der Waals surface area contributed by atoms with Gasteiger partial charge in [0.05, 0.1) is 21.2 Å². The minimum Gasteiger partial charge on any atom is -0.456 e. The van der Waals surface area contributed by atoms with Gasteiger partial charge in [-0.3, -0.25) is 14.5 Å². The topological polar surface area (TPSA) is 114 Å². The Labute approximate surface area is 182 Å². The van der Waals surface area contributed by atoms with Crippen molar-refractivity contribution in [1.82, 2.24) is 9.21 Å². The van der Waals surface area contributed by atoms with E-state index in [0.717, 1.165) is 9.21 Å². The highest BCUT2D eigenvalue weighted by atomic mass is 35.5. The Hall–Kier alpha value is -2.40. The predicted octanol–water partition coefficient (Wildman–Crippen LogP) is 2.56. The zero-order chi connectivity index (χ0) is 22.4. The Morgan fingerprint density at radius 3 is 2.17 bits per heavy atom. The maximum absolute atomic E-state index is 12.6. The van der Waals surface area contributed by atoms with Gasteiger partial charge >= 0.3 is 5.97 Å². The molecule has 2 heterocycles. The van der Waals surface area contributed by atoms with Crippen LogP contribution < -0.4 is 0 Å². The summed E-state index contributed by atoms with van der Waals surface area (Å²) in [6, 6.07) is 3.88. The molecule has 1 aliphatic rings. The summed E-state index contributed by atoms with van der Waals surface area (Å²) in [6.07, 6.45) is 0. The van der Waals surface area contributed by atoms with Crippen LogP contribution >= 0.6 is 23.2 Å². The maximum Gasteiger partial charge on any atom is 0.329 e. The largest absolute Gasteiger partial charge is 0.456 e. The number of furan rings is 1. The standard InChI is InChI=1S/C18H16Cl2N2O7S/c1-9(22-16(23)11-6-13(19)14(20)7-12(11)17(22)24)18(25)28-8-10-4-5-15(29-10)30(26,27)21(2)3/h4-7,9H,8H2,1-3H3/t9-/m0/s1. The van der Waals surface area contributed by atoms with Crippen LogP contribution in [0.4, 0.5) is 0 Å². The molecule has 12 heteroatoms. The van der Waals surface area contributed by atoms with Gasteiger partial charge in [0.1, 0.15) is 18.4 Å². The number of esters is 1. The van der Waals surface area contributed by atoms with Gasteiger partial charge in [-0.15, -0.1) is 0 Å². The number of benzene rings is 1. The van der Waals surface area contributed by atoms with Crippen LogP contribution in [0, 0.1) is 0 Å². The molecule has 0 aliphatic carbocycles. The Morgan fingerprint density at radius 1 is 1.13 bits per heavy atom. The number of hydrogen-bond acceptors (Lipinski definition) is 7. The van der Waals surface area contributed by atoms with Crippen LogP contribution in [0.5, 0.6) is 0 Å². The zero-order valence-electron chi connectivity index (χ0n) is 16.0. The molecule has 0 N–H and O–H groups in total. The summed E-state index contributed by atoms with van der Waals surface area (Å²) in [4.78, 5) is 38.3. The number of rotatable bonds is 6. The molecule has 0 saturated heterocycles. The molecule has 0 bridgehead atoms. The van der Waals surface area contributed by atoms with E-state index in [1.807, 2.05) is 0 Å². The second-order valence-electron chi connectivity index (χ2n) is 6.58. The third kappa shape index (κ3) is 3.83. The maximum atomic E-state index is 12.6. The lowest BCUT2D eigenvalue weighted by Gasteiger charge is -2.20. The van der Waals surface area contributed by atoms with E-state index in [2.05, 4.69) is 0 Å². The number of carbonyl (C=O) groups excluding carboxylic acids is 3. The molecule has 0 fully saturated rings. The molecule has 0 unspecified atom stereocenters. The van der Waals surface area contributed by atoms with Crippen LogP contribution in [-0.4, -0.2) is 55.5 Å². The lowest BCUT2D eigenvalue weighted by Crippen LogP contribution is -2.43. The fraction of sp³-hybridized carbons (Fsp3) is 0.278. The van der Waals surface area contributed by atoms with E-state index in [1.54, 1.807) is 0 Å². The second-order valence-corrected chi connectivity index (χ2v) is 9.48. The number of imide groups is 1. The fourth-order valence-electron chi connectivity index (χ4n) is 2.73. The van der Waals surface area contributed by atoms with Gasteiger partial charge in [-0.2, -0.15) is 0 Å². The number of ether oxygens (including phenoxy) is 1. The lowest BCUT2D eigenvalue weighted by atomic mass is 10.1. The van der Waals surface area contributed by atoms with Crippen molar-refractivity contribution in [2.75, 3.05) is 14.1 Å². The average Bonchev–Trinajstić information content (AvgIpc) is 3.24. The van der Waals surface area contributed by atoms with Crippen molar-refractivity contribution in [2.24, 2.45) is 0 Å². The number of sulfonamides is 1. The summed E-state index contributed by atoms with van der Waals surface area (Å²) in [6.45, 7) is 0.949. The van der Waals surface area contributed by atoms with Gasteiger partial charge in [0.2, 0.25) is 5.09 Å². The molecule has 9 nitrogen and oxygen atoms in total. The Balaban J connectivity index is 1.71. The van der Waals surface area contributed by atoms with Gasteiger partial charge < -0.3 is 9.15 Å². The molecule has 30 heavy (non-hydrogen) atoms. The van der Waals surface area contributed by atoms with Crippen LogP contribution in [0.25, 0.3) is 0 Å². The Morgan fingerprint density at radius 2 is 1.67 bits per heavy atom. The van der Waals surface area contributed by atoms with E-state index in [0.29, 0.717) is 0 Å². The van der Waals surface area contributed by atoms with Crippen molar-refractivity contribution in [1.29, 1.82) is 0 Å². The molecule has 2 aromatic rings. The predicted molar refractivity (Wildman–Crippen MR) is 106 cm³/mol. The van der Waals surface area contributed by atoms with Crippen molar-refractivity contribution in [2.45, 2.75) is 24.7 Å². The lowest BCUT2D eigenvalue weighted by molar-refractivity contribution is -0.149. The molecule has 3 rings (SSSR count). The van der Waals surface area contributed by atoms with Crippen LogP contribution in [0.2, 0.25) is 10.0 Å². The third-order valence-corrected chi connectivity index (χ3v) is 6.83. The highest BCUT2D eigenvalue weighted by Gasteiger charge is 2.42. The summed E-state index contributed by atoms with van der Waals surface area (Å²) in [7, 11) is -1.07. The quantitative estimate of drug-likeness (QED) is 0.466. The number of hydrogen-bond donors (Lipinski definition) is 0. The molecular weight excluding hydrogens is 459 g/mol. The highest BCUT2D eigenvalue weighted by molar-refractivity contribution is 7.88. The van der Waals surface area contributed by atoms with Crippen molar-refractivity contribution < 1.29 is 32.0 Å². The third-order valence-electron chi connectivity index (χ3n) is 4.42. The van der Waals surface area contributed by atoms with Gasteiger partial charge in [-0.25, -0.2) is 17.5 Å². The van der Waals surface area contributed by atoms with Gasteiger partial charge in [0.25, 0.3) is 21.8 Å².